The Labute approximate surface area is 156 Å². The van der Waals surface area contributed by atoms with E-state index in [0.717, 1.165) is 24.3 Å². The summed E-state index contributed by atoms with van der Waals surface area (Å²) in [4.78, 5) is 22.4. The zero-order valence-electron chi connectivity index (χ0n) is 15.3. The summed E-state index contributed by atoms with van der Waals surface area (Å²) < 4.78 is 1.57. The first-order valence-electron chi connectivity index (χ1n) is 9.05. The molecule has 6 nitrogen and oxygen atoms in total. The van der Waals surface area contributed by atoms with Gasteiger partial charge in [-0.25, -0.2) is 4.98 Å². The summed E-state index contributed by atoms with van der Waals surface area (Å²) in [5.74, 6) is 0.571. The lowest BCUT2D eigenvalue weighted by Crippen LogP contribution is -2.78. The zero-order chi connectivity index (χ0) is 18.7. The number of rotatable bonds is 2. The Balaban J connectivity index is 1.59. The first-order valence-corrected chi connectivity index (χ1v) is 9.05. The molecule has 2 aliphatic rings. The Hall–Kier alpha value is -3.17. The smallest absolute Gasteiger partial charge is 0.261 e. The van der Waals surface area contributed by atoms with Gasteiger partial charge in [-0.2, -0.15) is 5.26 Å². The molecular formula is C21H19N5O. The number of nitriles is 1. The van der Waals surface area contributed by atoms with E-state index in [-0.39, 0.29) is 5.56 Å². The standard InChI is InChI=1S/C21H19N5O/c1-24-11-19-18(24)12-26(19)15-6-7-17-16(9-15)21(27)25(2)20(23-17)14-5-3-4-13(8-14)10-22/h3-9,18-19H,11-12H2,1-2H3. The van der Waals surface area contributed by atoms with Gasteiger partial charge in [-0.3, -0.25) is 14.3 Å². The Bertz CT molecular complexity index is 1180. The Morgan fingerprint density at radius 1 is 1.11 bits per heavy atom. The highest BCUT2D eigenvalue weighted by atomic mass is 16.1. The van der Waals surface area contributed by atoms with Crippen molar-refractivity contribution >= 4 is 16.6 Å². The van der Waals surface area contributed by atoms with Crippen molar-refractivity contribution in [1.29, 1.82) is 5.26 Å². The van der Waals surface area contributed by atoms with Crippen LogP contribution in [0.3, 0.4) is 0 Å². The van der Waals surface area contributed by atoms with Crippen LogP contribution in [0.2, 0.25) is 0 Å². The van der Waals surface area contributed by atoms with Crippen LogP contribution >= 0.6 is 0 Å². The summed E-state index contributed by atoms with van der Waals surface area (Å²) in [7, 11) is 3.89. The van der Waals surface area contributed by atoms with Gasteiger partial charge in [-0.05, 0) is 37.4 Å². The van der Waals surface area contributed by atoms with Crippen molar-refractivity contribution in [3.8, 4) is 17.5 Å². The third kappa shape index (κ3) is 2.29. The molecule has 0 bridgehead atoms. The largest absolute Gasteiger partial charge is 0.364 e. The van der Waals surface area contributed by atoms with Crippen LogP contribution in [0.4, 0.5) is 5.69 Å². The van der Waals surface area contributed by atoms with Crippen LogP contribution in [-0.4, -0.2) is 46.7 Å². The minimum absolute atomic E-state index is 0.0676. The number of likely N-dealkylation sites (tertiary alicyclic amines) is 1. The lowest BCUT2D eigenvalue weighted by molar-refractivity contribution is 0.0369. The molecule has 0 amide bonds. The van der Waals surface area contributed by atoms with Gasteiger partial charge in [0.05, 0.1) is 28.6 Å². The number of fused-ring (bicyclic) bond motifs is 2. The van der Waals surface area contributed by atoms with Crippen molar-refractivity contribution in [3.63, 3.8) is 0 Å². The van der Waals surface area contributed by atoms with Gasteiger partial charge in [-0.1, -0.05) is 12.1 Å². The topological polar surface area (TPSA) is 65.2 Å². The van der Waals surface area contributed by atoms with Crippen LogP contribution in [0.1, 0.15) is 5.56 Å². The Morgan fingerprint density at radius 3 is 2.67 bits per heavy atom. The highest BCUT2D eigenvalue weighted by Crippen LogP contribution is 2.36. The molecule has 0 saturated carbocycles. The Kier molecular flexibility index (Phi) is 3.36. The predicted octanol–water partition coefficient (Wildman–Crippen LogP) is 1.97. The number of hydrogen-bond acceptors (Lipinski definition) is 5. The summed E-state index contributed by atoms with van der Waals surface area (Å²) >= 11 is 0. The number of likely N-dealkylation sites (N-methyl/N-ethyl adjacent to an activating group) is 1. The number of aromatic nitrogens is 2. The van der Waals surface area contributed by atoms with Crippen LogP contribution in [0.15, 0.2) is 47.3 Å². The molecule has 3 aromatic rings. The van der Waals surface area contributed by atoms with Crippen LogP contribution in [-0.2, 0) is 7.05 Å². The van der Waals surface area contributed by atoms with Gasteiger partial charge in [0.2, 0.25) is 0 Å². The molecular weight excluding hydrogens is 338 g/mol. The summed E-state index contributed by atoms with van der Waals surface area (Å²) in [5.41, 5.74) is 3.02. The molecule has 2 fully saturated rings. The van der Waals surface area contributed by atoms with Gasteiger partial charge in [0.25, 0.3) is 5.56 Å². The third-order valence-corrected chi connectivity index (χ3v) is 5.91. The van der Waals surface area contributed by atoms with E-state index >= 15 is 0 Å². The predicted molar refractivity (Wildman–Crippen MR) is 105 cm³/mol. The molecule has 2 atom stereocenters. The van der Waals surface area contributed by atoms with Crippen molar-refractivity contribution in [3.05, 3.63) is 58.4 Å². The van der Waals surface area contributed by atoms with Gasteiger partial charge >= 0.3 is 0 Å². The fourth-order valence-electron chi connectivity index (χ4n) is 4.19. The zero-order valence-corrected chi connectivity index (χ0v) is 15.3. The average molecular weight is 357 g/mol. The highest BCUT2D eigenvalue weighted by Gasteiger charge is 2.49. The highest BCUT2D eigenvalue weighted by molar-refractivity contribution is 5.84. The number of anilines is 1. The van der Waals surface area contributed by atoms with Crippen LogP contribution in [0.25, 0.3) is 22.3 Å². The van der Waals surface area contributed by atoms with Crippen molar-refractivity contribution in [2.75, 3.05) is 25.0 Å². The second-order valence-corrected chi connectivity index (χ2v) is 7.42. The van der Waals surface area contributed by atoms with Crippen molar-refractivity contribution in [2.45, 2.75) is 12.1 Å². The summed E-state index contributed by atoms with van der Waals surface area (Å²) in [6.07, 6.45) is 0. The van der Waals surface area contributed by atoms with Crippen LogP contribution in [0.5, 0.6) is 0 Å². The van der Waals surface area contributed by atoms with E-state index < -0.39 is 0 Å². The van der Waals surface area contributed by atoms with E-state index in [1.54, 1.807) is 23.7 Å². The van der Waals surface area contributed by atoms with E-state index in [9.17, 15) is 4.79 Å². The molecule has 1 aromatic heterocycles. The molecule has 2 aliphatic heterocycles. The first kappa shape index (κ1) is 16.0. The van der Waals surface area contributed by atoms with Gasteiger partial charge < -0.3 is 4.90 Å². The number of benzene rings is 2. The minimum atomic E-state index is -0.0676. The molecule has 6 heteroatoms. The molecule has 0 N–H and O–H groups in total. The Morgan fingerprint density at radius 2 is 1.96 bits per heavy atom. The molecule has 2 saturated heterocycles. The summed E-state index contributed by atoms with van der Waals surface area (Å²) in [5, 5.41) is 9.76. The number of hydrogen-bond donors (Lipinski definition) is 0. The maximum absolute atomic E-state index is 13.0. The molecule has 134 valence electrons. The van der Waals surface area contributed by atoms with Crippen molar-refractivity contribution < 1.29 is 0 Å². The van der Waals surface area contributed by atoms with E-state index in [0.29, 0.717) is 34.4 Å². The molecule has 0 radical (unpaired) electrons. The maximum atomic E-state index is 13.0. The van der Waals surface area contributed by atoms with Crippen molar-refractivity contribution in [2.24, 2.45) is 7.05 Å². The lowest BCUT2D eigenvalue weighted by Gasteiger charge is -2.62. The van der Waals surface area contributed by atoms with E-state index in [2.05, 4.69) is 29.0 Å². The third-order valence-electron chi connectivity index (χ3n) is 5.91. The van der Waals surface area contributed by atoms with E-state index in [1.165, 1.54) is 0 Å². The molecule has 0 aliphatic carbocycles. The molecule has 2 aromatic carbocycles. The monoisotopic (exact) mass is 357 g/mol. The van der Waals surface area contributed by atoms with Gasteiger partial charge in [0.1, 0.15) is 5.82 Å². The fourth-order valence-corrected chi connectivity index (χ4v) is 4.19. The normalized spacial score (nSPS) is 21.3. The van der Waals surface area contributed by atoms with E-state index in [4.69, 9.17) is 10.2 Å². The molecule has 5 rings (SSSR count). The number of nitrogens with zero attached hydrogens (tertiary/aromatic N) is 5. The average Bonchev–Trinajstić information content (AvgIpc) is 2.68. The van der Waals surface area contributed by atoms with Crippen molar-refractivity contribution in [1.82, 2.24) is 14.5 Å². The second kappa shape index (κ2) is 5.66. The minimum Gasteiger partial charge on any atom is -0.364 e. The van der Waals surface area contributed by atoms with Crippen LogP contribution < -0.4 is 10.5 Å². The molecule has 3 heterocycles. The quantitative estimate of drug-likeness (QED) is 0.702. The van der Waals surface area contributed by atoms with Gasteiger partial charge in [0.15, 0.2) is 0 Å². The summed E-state index contributed by atoms with van der Waals surface area (Å²) in [6, 6.07) is 16.5. The van der Waals surface area contributed by atoms with Gasteiger partial charge in [-0.15, -0.1) is 0 Å². The second-order valence-electron chi connectivity index (χ2n) is 7.42. The van der Waals surface area contributed by atoms with Gasteiger partial charge in [0, 0.05) is 37.4 Å². The molecule has 2 unspecified atom stereocenters. The van der Waals surface area contributed by atoms with E-state index in [1.807, 2.05) is 24.3 Å². The summed E-state index contributed by atoms with van der Waals surface area (Å²) in [6.45, 7) is 2.09. The fraction of sp³-hybridized carbons (Fsp3) is 0.286. The molecule has 27 heavy (non-hydrogen) atoms. The number of piperazine rings is 1. The first-order chi connectivity index (χ1) is 13.1. The SMILES string of the molecule is CN1CC2C1CN2c1ccc2nc(-c3cccc(C#N)c3)n(C)c(=O)c2c1. The van der Waals surface area contributed by atoms with Crippen LogP contribution in [0, 0.1) is 11.3 Å². The lowest BCUT2D eigenvalue weighted by atomic mass is 9.85. The maximum Gasteiger partial charge on any atom is 0.261 e. The molecule has 0 spiro atoms.